The van der Waals surface area contributed by atoms with Gasteiger partial charge in [0.1, 0.15) is 0 Å². The summed E-state index contributed by atoms with van der Waals surface area (Å²) in [6.45, 7) is 3.96. The van der Waals surface area contributed by atoms with Crippen molar-refractivity contribution in [1.29, 1.82) is 0 Å². The lowest BCUT2D eigenvalue weighted by atomic mass is 9.91. The second-order valence-electron chi connectivity index (χ2n) is 4.95. The lowest BCUT2D eigenvalue weighted by Crippen LogP contribution is -2.45. The summed E-state index contributed by atoms with van der Waals surface area (Å²) in [5.41, 5.74) is 5.48. The first kappa shape index (κ1) is 11.9. The Morgan fingerprint density at radius 2 is 2.25 bits per heavy atom. The molecule has 0 aromatic heterocycles. The lowest BCUT2D eigenvalue weighted by Gasteiger charge is -2.35. The van der Waals surface area contributed by atoms with Crippen LogP contribution in [-0.4, -0.2) is 43.0 Å². The van der Waals surface area contributed by atoms with Crippen LogP contribution in [0.4, 0.5) is 0 Å². The highest BCUT2D eigenvalue weighted by Crippen LogP contribution is 2.27. The average molecular weight is 225 g/mol. The van der Waals surface area contributed by atoms with Crippen molar-refractivity contribution >= 4 is 5.91 Å². The second kappa shape index (κ2) is 5.64. The number of nitrogens with two attached hydrogens (primary N) is 1. The number of piperidine rings is 1. The summed E-state index contributed by atoms with van der Waals surface area (Å²) in [6, 6.07) is 0.471. The van der Waals surface area contributed by atoms with E-state index in [2.05, 4.69) is 10.2 Å². The molecular weight excluding hydrogens is 202 g/mol. The maximum atomic E-state index is 11.6. The average Bonchev–Trinajstić information content (AvgIpc) is 2.68. The van der Waals surface area contributed by atoms with E-state index in [9.17, 15) is 4.79 Å². The van der Waals surface area contributed by atoms with Gasteiger partial charge in [-0.2, -0.15) is 0 Å². The summed E-state index contributed by atoms with van der Waals surface area (Å²) >= 11 is 0. The summed E-state index contributed by atoms with van der Waals surface area (Å²) < 4.78 is 0. The number of amides is 1. The molecule has 92 valence electrons. The van der Waals surface area contributed by atoms with Crippen molar-refractivity contribution < 1.29 is 4.79 Å². The van der Waals surface area contributed by atoms with Crippen molar-refractivity contribution in [2.75, 3.05) is 26.2 Å². The van der Waals surface area contributed by atoms with Gasteiger partial charge in [0.2, 0.25) is 5.91 Å². The third kappa shape index (κ3) is 2.55. The molecule has 0 bridgehead atoms. The summed E-state index contributed by atoms with van der Waals surface area (Å²) in [7, 11) is 0. The molecule has 2 aliphatic heterocycles. The number of hydrogen-bond acceptors (Lipinski definition) is 3. The molecule has 0 aromatic rings. The Labute approximate surface area is 97.6 Å². The quantitative estimate of drug-likeness (QED) is 0.663. The fourth-order valence-corrected chi connectivity index (χ4v) is 2.95. The number of unbranched alkanes of at least 4 members (excludes halogenated alkanes) is 2. The van der Waals surface area contributed by atoms with Crippen LogP contribution < -0.4 is 11.1 Å². The van der Waals surface area contributed by atoms with E-state index in [-0.39, 0.29) is 11.8 Å². The number of rotatable bonds is 5. The Balaban J connectivity index is 1.78. The highest BCUT2D eigenvalue weighted by atomic mass is 16.2. The Morgan fingerprint density at radius 1 is 1.38 bits per heavy atom. The SMILES string of the molecule is NCCCCCN1CCCC2C(=O)NCC21. The molecule has 4 nitrogen and oxygen atoms in total. The number of carbonyl (C=O) groups excluding carboxylic acids is 1. The molecule has 1 amide bonds. The number of nitrogens with one attached hydrogen (secondary N) is 1. The molecule has 2 rings (SSSR count). The maximum Gasteiger partial charge on any atom is 0.224 e. The van der Waals surface area contributed by atoms with E-state index < -0.39 is 0 Å². The second-order valence-corrected chi connectivity index (χ2v) is 4.95. The maximum absolute atomic E-state index is 11.6. The zero-order valence-electron chi connectivity index (χ0n) is 9.95. The highest BCUT2D eigenvalue weighted by Gasteiger charge is 2.40. The largest absolute Gasteiger partial charge is 0.354 e. The first-order valence-electron chi connectivity index (χ1n) is 6.55. The van der Waals surface area contributed by atoms with Gasteiger partial charge in [0.15, 0.2) is 0 Å². The van der Waals surface area contributed by atoms with E-state index in [1.807, 2.05) is 0 Å². The van der Waals surface area contributed by atoms with E-state index in [4.69, 9.17) is 5.73 Å². The molecule has 0 spiro atoms. The van der Waals surface area contributed by atoms with Gasteiger partial charge < -0.3 is 11.1 Å². The van der Waals surface area contributed by atoms with Gasteiger partial charge >= 0.3 is 0 Å². The van der Waals surface area contributed by atoms with E-state index >= 15 is 0 Å². The van der Waals surface area contributed by atoms with Crippen LogP contribution in [0.3, 0.4) is 0 Å². The molecule has 0 saturated carbocycles. The Kier molecular flexibility index (Phi) is 4.18. The minimum Gasteiger partial charge on any atom is -0.354 e. The molecule has 2 fully saturated rings. The molecule has 0 aromatic carbocycles. The minimum atomic E-state index is 0.267. The van der Waals surface area contributed by atoms with Crippen LogP contribution in [-0.2, 0) is 4.79 Å². The van der Waals surface area contributed by atoms with Crippen LogP contribution in [0, 0.1) is 5.92 Å². The summed E-state index contributed by atoms with van der Waals surface area (Å²) in [5, 5.41) is 2.99. The number of nitrogens with zero attached hydrogens (tertiary/aromatic N) is 1. The van der Waals surface area contributed by atoms with Crippen molar-refractivity contribution in [3.05, 3.63) is 0 Å². The molecule has 2 atom stereocenters. The fraction of sp³-hybridized carbons (Fsp3) is 0.917. The van der Waals surface area contributed by atoms with E-state index in [0.717, 1.165) is 32.5 Å². The highest BCUT2D eigenvalue weighted by molar-refractivity contribution is 5.82. The summed E-state index contributed by atoms with van der Waals surface area (Å²) in [5.74, 6) is 0.542. The molecular formula is C12H23N3O. The molecule has 2 saturated heterocycles. The predicted octanol–water partition coefficient (Wildman–Crippen LogP) is 0.326. The zero-order chi connectivity index (χ0) is 11.4. The molecule has 2 unspecified atom stereocenters. The Bertz CT molecular complexity index is 244. The fourth-order valence-electron chi connectivity index (χ4n) is 2.95. The van der Waals surface area contributed by atoms with Crippen molar-refractivity contribution in [2.24, 2.45) is 11.7 Å². The topological polar surface area (TPSA) is 58.4 Å². The van der Waals surface area contributed by atoms with Crippen molar-refractivity contribution in [2.45, 2.75) is 38.1 Å². The van der Waals surface area contributed by atoms with Crippen LogP contribution in [0.25, 0.3) is 0 Å². The lowest BCUT2D eigenvalue weighted by molar-refractivity contribution is -0.124. The van der Waals surface area contributed by atoms with Crippen molar-refractivity contribution in [3.8, 4) is 0 Å². The van der Waals surface area contributed by atoms with Gasteiger partial charge in [-0.25, -0.2) is 0 Å². The van der Waals surface area contributed by atoms with Gasteiger partial charge in [0, 0.05) is 12.6 Å². The van der Waals surface area contributed by atoms with Gasteiger partial charge in [-0.1, -0.05) is 6.42 Å². The van der Waals surface area contributed by atoms with Gasteiger partial charge in [0.05, 0.1) is 5.92 Å². The summed E-state index contributed by atoms with van der Waals surface area (Å²) in [6.07, 6.45) is 5.81. The van der Waals surface area contributed by atoms with Crippen LogP contribution in [0.5, 0.6) is 0 Å². The van der Waals surface area contributed by atoms with Crippen molar-refractivity contribution in [1.82, 2.24) is 10.2 Å². The minimum absolute atomic E-state index is 0.267. The normalized spacial score (nSPS) is 30.2. The third-order valence-electron chi connectivity index (χ3n) is 3.87. The summed E-state index contributed by atoms with van der Waals surface area (Å²) in [4.78, 5) is 14.1. The third-order valence-corrected chi connectivity index (χ3v) is 3.87. The molecule has 0 radical (unpaired) electrons. The Morgan fingerprint density at radius 3 is 3.06 bits per heavy atom. The standard InChI is InChI=1S/C12H23N3O/c13-6-2-1-3-7-15-8-4-5-10-11(15)9-14-12(10)16/h10-11H,1-9,13H2,(H,14,16). The van der Waals surface area contributed by atoms with Gasteiger partial charge in [0.25, 0.3) is 0 Å². The number of hydrogen-bond donors (Lipinski definition) is 2. The van der Waals surface area contributed by atoms with Gasteiger partial charge in [-0.15, -0.1) is 0 Å². The molecule has 0 aliphatic carbocycles. The van der Waals surface area contributed by atoms with Crippen molar-refractivity contribution in [3.63, 3.8) is 0 Å². The molecule has 4 heteroatoms. The predicted molar refractivity (Wildman–Crippen MR) is 64.0 cm³/mol. The Hall–Kier alpha value is -0.610. The number of likely N-dealkylation sites (tertiary alicyclic amines) is 1. The first-order valence-corrected chi connectivity index (χ1v) is 6.55. The molecule has 3 N–H and O–H groups in total. The van der Waals surface area contributed by atoms with E-state index in [1.54, 1.807) is 0 Å². The zero-order valence-corrected chi connectivity index (χ0v) is 9.95. The molecule has 2 aliphatic rings. The molecule has 16 heavy (non-hydrogen) atoms. The number of carbonyl (C=O) groups is 1. The number of fused-ring (bicyclic) bond motifs is 1. The molecule has 2 heterocycles. The van der Waals surface area contributed by atoms with Crippen LogP contribution in [0.15, 0.2) is 0 Å². The van der Waals surface area contributed by atoms with Gasteiger partial charge in [-0.05, 0) is 45.3 Å². The first-order chi connectivity index (χ1) is 7.83. The van der Waals surface area contributed by atoms with Crippen LogP contribution in [0.1, 0.15) is 32.1 Å². The monoisotopic (exact) mass is 225 g/mol. The van der Waals surface area contributed by atoms with E-state index in [1.165, 1.54) is 25.8 Å². The smallest absolute Gasteiger partial charge is 0.224 e. The van der Waals surface area contributed by atoms with Crippen LogP contribution >= 0.6 is 0 Å². The van der Waals surface area contributed by atoms with Crippen LogP contribution in [0.2, 0.25) is 0 Å². The van der Waals surface area contributed by atoms with Gasteiger partial charge in [-0.3, -0.25) is 9.69 Å². The van der Waals surface area contributed by atoms with E-state index in [0.29, 0.717) is 6.04 Å².